The van der Waals surface area contributed by atoms with Crippen molar-refractivity contribution in [3.05, 3.63) is 63.2 Å². The second-order valence-electron chi connectivity index (χ2n) is 8.16. The smallest absolute Gasteiger partial charge is 0.273 e. The van der Waals surface area contributed by atoms with E-state index in [1.54, 1.807) is 23.5 Å². The number of likely N-dealkylation sites (tertiary alicyclic amines) is 1. The van der Waals surface area contributed by atoms with E-state index < -0.39 is 0 Å². The van der Waals surface area contributed by atoms with E-state index in [1.165, 1.54) is 10.9 Å². The van der Waals surface area contributed by atoms with E-state index in [1.807, 2.05) is 12.1 Å². The molecule has 2 aliphatic rings. The SMILES string of the molecule is O=C(NCC1CCN(Cc2cccc(F)c2)CC1)c1noc2c1CCc1sccc1-2. The van der Waals surface area contributed by atoms with Gasteiger partial charge in [0, 0.05) is 29.1 Å². The van der Waals surface area contributed by atoms with Crippen LogP contribution in [0.5, 0.6) is 0 Å². The number of fused-ring (bicyclic) bond motifs is 3. The summed E-state index contributed by atoms with van der Waals surface area (Å²) >= 11 is 1.73. The third kappa shape index (κ3) is 3.91. The Morgan fingerprint density at radius 1 is 1.27 bits per heavy atom. The Labute approximate surface area is 178 Å². The number of carbonyl (C=O) groups is 1. The van der Waals surface area contributed by atoms with Gasteiger partial charge in [0.25, 0.3) is 5.91 Å². The third-order valence-electron chi connectivity index (χ3n) is 6.15. The Morgan fingerprint density at radius 2 is 2.13 bits per heavy atom. The van der Waals surface area contributed by atoms with Crippen LogP contribution in [0.15, 0.2) is 40.2 Å². The number of hydrogen-bond acceptors (Lipinski definition) is 5. The van der Waals surface area contributed by atoms with Crippen LogP contribution in [-0.2, 0) is 19.4 Å². The van der Waals surface area contributed by atoms with Crippen molar-refractivity contribution >= 4 is 17.2 Å². The molecule has 3 heterocycles. The predicted octanol–water partition coefficient (Wildman–Crippen LogP) is 4.28. The number of thiophene rings is 1. The van der Waals surface area contributed by atoms with Crippen LogP contribution in [0.4, 0.5) is 4.39 Å². The number of rotatable bonds is 5. The van der Waals surface area contributed by atoms with Gasteiger partial charge in [-0.15, -0.1) is 11.3 Å². The van der Waals surface area contributed by atoms with Crippen LogP contribution < -0.4 is 5.32 Å². The van der Waals surface area contributed by atoms with Gasteiger partial charge in [0.2, 0.25) is 0 Å². The summed E-state index contributed by atoms with van der Waals surface area (Å²) in [7, 11) is 0. The fraction of sp³-hybridized carbons (Fsp3) is 0.391. The van der Waals surface area contributed by atoms with Crippen LogP contribution in [0.1, 0.15) is 39.3 Å². The molecule has 7 heteroatoms. The molecule has 0 spiro atoms. The van der Waals surface area contributed by atoms with Crippen molar-refractivity contribution in [3.8, 4) is 11.3 Å². The first-order chi connectivity index (χ1) is 14.7. The van der Waals surface area contributed by atoms with Gasteiger partial charge in [-0.2, -0.15) is 0 Å². The molecule has 1 amide bonds. The molecule has 30 heavy (non-hydrogen) atoms. The molecule has 0 atom stereocenters. The minimum atomic E-state index is -0.185. The van der Waals surface area contributed by atoms with Gasteiger partial charge in [-0.05, 0) is 73.8 Å². The molecule has 1 fully saturated rings. The fourth-order valence-corrected chi connectivity index (χ4v) is 5.35. The number of piperidine rings is 1. The van der Waals surface area contributed by atoms with Gasteiger partial charge >= 0.3 is 0 Å². The molecular weight excluding hydrogens is 401 g/mol. The summed E-state index contributed by atoms with van der Waals surface area (Å²) in [5.41, 5.74) is 3.46. The molecule has 2 aromatic heterocycles. The van der Waals surface area contributed by atoms with Crippen molar-refractivity contribution in [2.45, 2.75) is 32.2 Å². The maximum Gasteiger partial charge on any atom is 0.273 e. The van der Waals surface area contributed by atoms with Crippen LogP contribution in [0.25, 0.3) is 11.3 Å². The largest absolute Gasteiger partial charge is 0.355 e. The molecule has 1 aliphatic heterocycles. The van der Waals surface area contributed by atoms with E-state index >= 15 is 0 Å². The molecular formula is C23H24FN3O2S. The molecule has 5 nitrogen and oxygen atoms in total. The van der Waals surface area contributed by atoms with Crippen LogP contribution in [0, 0.1) is 11.7 Å². The Bertz CT molecular complexity index is 1050. The number of benzene rings is 1. The Hall–Kier alpha value is -2.51. The highest BCUT2D eigenvalue weighted by atomic mass is 32.1. The molecule has 156 valence electrons. The molecule has 1 saturated heterocycles. The molecule has 0 unspecified atom stereocenters. The average molecular weight is 426 g/mol. The lowest BCUT2D eigenvalue weighted by atomic mass is 9.94. The quantitative estimate of drug-likeness (QED) is 0.663. The molecule has 3 aromatic rings. The average Bonchev–Trinajstić information content (AvgIpc) is 3.39. The van der Waals surface area contributed by atoms with Crippen LogP contribution in [0.3, 0.4) is 0 Å². The van der Waals surface area contributed by atoms with E-state index in [9.17, 15) is 9.18 Å². The van der Waals surface area contributed by atoms with Gasteiger partial charge in [-0.3, -0.25) is 9.69 Å². The highest BCUT2D eigenvalue weighted by molar-refractivity contribution is 7.10. The number of nitrogens with zero attached hydrogens (tertiary/aromatic N) is 2. The maximum absolute atomic E-state index is 13.4. The first-order valence-corrected chi connectivity index (χ1v) is 11.4. The Balaban J connectivity index is 1.13. The van der Waals surface area contributed by atoms with Crippen molar-refractivity contribution < 1.29 is 13.7 Å². The number of carbonyl (C=O) groups excluding carboxylic acids is 1. The van der Waals surface area contributed by atoms with Gasteiger partial charge in [0.1, 0.15) is 5.82 Å². The summed E-state index contributed by atoms with van der Waals surface area (Å²) in [4.78, 5) is 16.4. The summed E-state index contributed by atoms with van der Waals surface area (Å²) in [5, 5.41) is 9.21. The summed E-state index contributed by atoms with van der Waals surface area (Å²) in [6.45, 7) is 3.33. The molecule has 0 saturated carbocycles. The molecule has 0 radical (unpaired) electrons. The van der Waals surface area contributed by atoms with Gasteiger partial charge in [0.05, 0.1) is 0 Å². The number of halogens is 1. The summed E-state index contributed by atoms with van der Waals surface area (Å²) in [6, 6.07) is 8.85. The van der Waals surface area contributed by atoms with E-state index in [0.29, 0.717) is 18.2 Å². The lowest BCUT2D eigenvalue weighted by Crippen LogP contribution is -2.38. The van der Waals surface area contributed by atoms with E-state index in [-0.39, 0.29) is 11.7 Å². The third-order valence-corrected chi connectivity index (χ3v) is 7.13. The lowest BCUT2D eigenvalue weighted by molar-refractivity contribution is 0.0925. The molecule has 1 aromatic carbocycles. The maximum atomic E-state index is 13.4. The highest BCUT2D eigenvalue weighted by Crippen LogP contribution is 2.38. The normalized spacial score (nSPS) is 16.8. The minimum absolute atomic E-state index is 0.138. The van der Waals surface area contributed by atoms with Crippen molar-refractivity contribution in [1.82, 2.24) is 15.4 Å². The molecule has 5 rings (SSSR count). The zero-order valence-electron chi connectivity index (χ0n) is 16.7. The zero-order chi connectivity index (χ0) is 20.5. The van der Waals surface area contributed by atoms with Gasteiger partial charge in [-0.25, -0.2) is 4.39 Å². The van der Waals surface area contributed by atoms with Crippen LogP contribution >= 0.6 is 11.3 Å². The number of aryl methyl sites for hydroxylation is 1. The predicted molar refractivity (Wildman–Crippen MR) is 114 cm³/mol. The zero-order valence-corrected chi connectivity index (χ0v) is 17.5. The standard InChI is InChI=1S/C23H24FN3O2S/c24-17-3-1-2-16(12-17)14-27-9-6-15(7-10-27)13-25-23(28)21-19-4-5-20-18(8-11-30-20)22(19)29-26-21/h1-3,8,11-12,15H,4-7,9-10,13-14H2,(H,25,28). The molecule has 1 aliphatic carbocycles. The first kappa shape index (κ1) is 19.5. The molecule has 1 N–H and O–H groups in total. The summed E-state index contributed by atoms with van der Waals surface area (Å²) in [6.07, 6.45) is 3.77. The first-order valence-electron chi connectivity index (χ1n) is 10.5. The van der Waals surface area contributed by atoms with Crippen molar-refractivity contribution in [2.24, 2.45) is 5.92 Å². The van der Waals surface area contributed by atoms with Crippen molar-refractivity contribution in [1.29, 1.82) is 0 Å². The van der Waals surface area contributed by atoms with Crippen molar-refractivity contribution in [2.75, 3.05) is 19.6 Å². The molecule has 0 bridgehead atoms. The van der Waals surface area contributed by atoms with Gasteiger partial charge in [-0.1, -0.05) is 17.3 Å². The van der Waals surface area contributed by atoms with E-state index in [0.717, 1.165) is 67.8 Å². The van der Waals surface area contributed by atoms with Crippen molar-refractivity contribution in [3.63, 3.8) is 0 Å². The highest BCUT2D eigenvalue weighted by Gasteiger charge is 2.28. The van der Waals surface area contributed by atoms with Gasteiger partial charge in [0.15, 0.2) is 11.5 Å². The van der Waals surface area contributed by atoms with Gasteiger partial charge < -0.3 is 9.84 Å². The summed E-state index contributed by atoms with van der Waals surface area (Å²) in [5.74, 6) is 0.883. The monoisotopic (exact) mass is 425 g/mol. The van der Waals surface area contributed by atoms with Crippen LogP contribution in [-0.4, -0.2) is 35.6 Å². The Morgan fingerprint density at radius 3 is 2.97 bits per heavy atom. The number of nitrogens with one attached hydrogen (secondary N) is 1. The second kappa shape index (κ2) is 8.32. The number of hydrogen-bond donors (Lipinski definition) is 1. The summed E-state index contributed by atoms with van der Waals surface area (Å²) < 4.78 is 18.9. The number of amides is 1. The second-order valence-corrected chi connectivity index (χ2v) is 9.16. The fourth-order valence-electron chi connectivity index (χ4n) is 4.47. The topological polar surface area (TPSA) is 58.4 Å². The lowest BCUT2D eigenvalue weighted by Gasteiger charge is -2.32. The minimum Gasteiger partial charge on any atom is -0.355 e. The van der Waals surface area contributed by atoms with Crippen LogP contribution in [0.2, 0.25) is 0 Å². The Kier molecular flexibility index (Phi) is 5.39. The van der Waals surface area contributed by atoms with E-state index in [2.05, 4.69) is 20.8 Å². The van der Waals surface area contributed by atoms with E-state index in [4.69, 9.17) is 4.52 Å². The number of aromatic nitrogens is 1.